The molecule has 0 aliphatic rings. The number of pyridine rings is 2. The second-order valence-corrected chi connectivity index (χ2v) is 7.75. The predicted molar refractivity (Wildman–Crippen MR) is 142 cm³/mol. The Morgan fingerprint density at radius 1 is 0.472 bits per heavy atom. The van der Waals surface area contributed by atoms with E-state index in [4.69, 9.17) is 9.47 Å². The van der Waals surface area contributed by atoms with Gasteiger partial charge in [-0.3, -0.25) is 20.0 Å². The van der Waals surface area contributed by atoms with Crippen molar-refractivity contribution in [2.45, 2.75) is 0 Å². The molecule has 0 unspecified atom stereocenters. The molecule has 2 aromatic heterocycles. The Labute approximate surface area is 209 Å². The fourth-order valence-electron chi connectivity index (χ4n) is 3.25. The Kier molecular flexibility index (Phi) is 7.15. The minimum Gasteiger partial charge on any atom is -0.457 e. The van der Waals surface area contributed by atoms with Gasteiger partial charge in [-0.15, -0.1) is 0 Å². The van der Waals surface area contributed by atoms with Gasteiger partial charge in [-0.1, -0.05) is 12.1 Å². The molecule has 0 saturated carbocycles. The Hall–Kier alpha value is -5.10. The number of benzene rings is 3. The van der Waals surface area contributed by atoms with Gasteiger partial charge < -0.3 is 9.47 Å². The summed E-state index contributed by atoms with van der Waals surface area (Å²) >= 11 is 0. The van der Waals surface area contributed by atoms with Crippen molar-refractivity contribution in [2.24, 2.45) is 9.98 Å². The molecule has 0 amide bonds. The predicted octanol–water partition coefficient (Wildman–Crippen LogP) is 7.56. The van der Waals surface area contributed by atoms with Gasteiger partial charge in [-0.25, -0.2) is 0 Å². The molecular formula is C30H22N4O2. The lowest BCUT2D eigenvalue weighted by Gasteiger charge is -2.09. The zero-order valence-corrected chi connectivity index (χ0v) is 19.3. The van der Waals surface area contributed by atoms with Crippen molar-refractivity contribution in [2.75, 3.05) is 0 Å². The molecule has 36 heavy (non-hydrogen) atoms. The molecule has 2 heterocycles. The topological polar surface area (TPSA) is 69.0 Å². The number of rotatable bonds is 8. The molecule has 5 aromatic rings. The Balaban J connectivity index is 1.15. The Morgan fingerprint density at radius 3 is 1.17 bits per heavy atom. The standard InChI is InChI=1S/C30H22N4O2/c1-3-23(19-31-17-1)21-33-25-5-9-27(10-6-25)35-29-13-15-30(16-14-29)36-28-11-7-26(8-12-28)34-22-24-4-2-18-32-20-24/h1-22H. The van der Waals surface area contributed by atoms with Gasteiger partial charge in [0.25, 0.3) is 0 Å². The highest BCUT2D eigenvalue weighted by molar-refractivity contribution is 5.82. The molecule has 0 saturated heterocycles. The van der Waals surface area contributed by atoms with Crippen molar-refractivity contribution in [1.29, 1.82) is 0 Å². The van der Waals surface area contributed by atoms with Crippen molar-refractivity contribution in [1.82, 2.24) is 9.97 Å². The highest BCUT2D eigenvalue weighted by Crippen LogP contribution is 2.28. The monoisotopic (exact) mass is 470 g/mol. The van der Waals surface area contributed by atoms with E-state index in [-0.39, 0.29) is 0 Å². The van der Waals surface area contributed by atoms with Crippen LogP contribution in [-0.2, 0) is 0 Å². The normalized spacial score (nSPS) is 11.1. The largest absolute Gasteiger partial charge is 0.457 e. The van der Waals surface area contributed by atoms with Gasteiger partial charge in [0.2, 0.25) is 0 Å². The van der Waals surface area contributed by atoms with Gasteiger partial charge in [0.15, 0.2) is 0 Å². The molecule has 0 N–H and O–H groups in total. The molecule has 0 bridgehead atoms. The van der Waals surface area contributed by atoms with Crippen molar-refractivity contribution in [3.05, 3.63) is 133 Å². The molecule has 6 nitrogen and oxygen atoms in total. The van der Waals surface area contributed by atoms with Crippen molar-refractivity contribution in [3.63, 3.8) is 0 Å². The maximum Gasteiger partial charge on any atom is 0.127 e. The summed E-state index contributed by atoms with van der Waals surface area (Å²) in [7, 11) is 0. The quantitative estimate of drug-likeness (QED) is 0.219. The third-order valence-electron chi connectivity index (χ3n) is 5.06. The minimum absolute atomic E-state index is 0.717. The summed E-state index contributed by atoms with van der Waals surface area (Å²) in [4.78, 5) is 17.1. The van der Waals surface area contributed by atoms with Gasteiger partial charge in [0.05, 0.1) is 11.4 Å². The first-order chi connectivity index (χ1) is 17.8. The summed E-state index contributed by atoms with van der Waals surface area (Å²) in [5.41, 5.74) is 3.57. The number of ether oxygens (including phenoxy) is 2. The van der Waals surface area contributed by atoms with E-state index < -0.39 is 0 Å². The maximum atomic E-state index is 5.94. The van der Waals surface area contributed by atoms with Crippen LogP contribution in [0.3, 0.4) is 0 Å². The number of aromatic nitrogens is 2. The number of hydrogen-bond donors (Lipinski definition) is 0. The Morgan fingerprint density at radius 2 is 0.833 bits per heavy atom. The summed E-state index contributed by atoms with van der Waals surface area (Å²) < 4.78 is 11.9. The average molecular weight is 471 g/mol. The lowest BCUT2D eigenvalue weighted by atomic mass is 10.2. The highest BCUT2D eigenvalue weighted by Gasteiger charge is 2.01. The van der Waals surface area contributed by atoms with Crippen LogP contribution in [0, 0.1) is 0 Å². The van der Waals surface area contributed by atoms with Gasteiger partial charge in [0, 0.05) is 48.3 Å². The van der Waals surface area contributed by atoms with E-state index in [0.29, 0.717) is 11.5 Å². The SMILES string of the molecule is C(=Nc1ccc(Oc2ccc(Oc3ccc(N=Cc4cccnc4)cc3)cc2)cc1)c1cccnc1. The van der Waals surface area contributed by atoms with Crippen LogP contribution in [0.25, 0.3) is 0 Å². The van der Waals surface area contributed by atoms with Gasteiger partial charge in [-0.2, -0.15) is 0 Å². The molecular weight excluding hydrogens is 448 g/mol. The highest BCUT2D eigenvalue weighted by atomic mass is 16.5. The van der Waals surface area contributed by atoms with Crippen LogP contribution in [0.15, 0.2) is 132 Å². The smallest absolute Gasteiger partial charge is 0.127 e. The number of nitrogens with zero attached hydrogens (tertiary/aromatic N) is 4. The third kappa shape index (κ3) is 6.48. The van der Waals surface area contributed by atoms with Crippen LogP contribution >= 0.6 is 0 Å². The molecule has 0 aliphatic carbocycles. The van der Waals surface area contributed by atoms with Crippen LogP contribution in [-0.4, -0.2) is 22.4 Å². The van der Waals surface area contributed by atoms with Crippen molar-refractivity contribution >= 4 is 23.8 Å². The maximum absolute atomic E-state index is 5.94. The summed E-state index contributed by atoms with van der Waals surface area (Å²) in [5, 5.41) is 0. The molecule has 6 heteroatoms. The summed E-state index contributed by atoms with van der Waals surface area (Å²) in [6, 6.07) is 30.3. The van der Waals surface area contributed by atoms with E-state index in [2.05, 4.69) is 20.0 Å². The van der Waals surface area contributed by atoms with Crippen LogP contribution in [0.2, 0.25) is 0 Å². The molecule has 0 atom stereocenters. The lowest BCUT2D eigenvalue weighted by Crippen LogP contribution is -1.86. The first kappa shape index (κ1) is 22.7. The number of hydrogen-bond acceptors (Lipinski definition) is 6. The van der Waals surface area contributed by atoms with Gasteiger partial charge in [0.1, 0.15) is 23.0 Å². The molecule has 174 valence electrons. The van der Waals surface area contributed by atoms with E-state index in [9.17, 15) is 0 Å². The van der Waals surface area contributed by atoms with Crippen LogP contribution in [0.4, 0.5) is 11.4 Å². The summed E-state index contributed by atoms with van der Waals surface area (Å²) in [5.74, 6) is 2.89. The van der Waals surface area contributed by atoms with Gasteiger partial charge >= 0.3 is 0 Å². The van der Waals surface area contributed by atoms with E-state index in [1.54, 1.807) is 37.2 Å². The number of aliphatic imine (C=N–C) groups is 2. The van der Waals surface area contributed by atoms with E-state index in [1.165, 1.54) is 0 Å². The zero-order chi connectivity index (χ0) is 24.4. The fourth-order valence-corrected chi connectivity index (χ4v) is 3.25. The van der Waals surface area contributed by atoms with Crippen molar-refractivity contribution < 1.29 is 9.47 Å². The first-order valence-electron chi connectivity index (χ1n) is 11.3. The van der Waals surface area contributed by atoms with Crippen LogP contribution < -0.4 is 9.47 Å². The second kappa shape index (κ2) is 11.4. The lowest BCUT2D eigenvalue weighted by molar-refractivity contribution is 0.469. The van der Waals surface area contributed by atoms with Crippen molar-refractivity contribution in [3.8, 4) is 23.0 Å². The second-order valence-electron chi connectivity index (χ2n) is 7.75. The van der Waals surface area contributed by atoms with Crippen LogP contribution in [0.1, 0.15) is 11.1 Å². The Bertz CT molecular complexity index is 1320. The molecule has 0 radical (unpaired) electrons. The molecule has 0 aliphatic heterocycles. The summed E-state index contributed by atoms with van der Waals surface area (Å²) in [6.45, 7) is 0. The van der Waals surface area contributed by atoms with Gasteiger partial charge in [-0.05, 0) is 84.9 Å². The molecule has 3 aromatic carbocycles. The molecule has 0 fully saturated rings. The van der Waals surface area contributed by atoms with E-state index in [1.807, 2.05) is 97.1 Å². The fraction of sp³-hybridized carbons (Fsp3) is 0. The molecule has 5 rings (SSSR count). The average Bonchev–Trinajstić information content (AvgIpc) is 2.94. The van der Waals surface area contributed by atoms with E-state index >= 15 is 0 Å². The zero-order valence-electron chi connectivity index (χ0n) is 19.3. The summed E-state index contributed by atoms with van der Waals surface area (Å²) in [6.07, 6.45) is 10.6. The van der Waals surface area contributed by atoms with E-state index in [0.717, 1.165) is 34.0 Å². The third-order valence-corrected chi connectivity index (χ3v) is 5.06. The van der Waals surface area contributed by atoms with Crippen LogP contribution in [0.5, 0.6) is 23.0 Å². The molecule has 0 spiro atoms. The first-order valence-corrected chi connectivity index (χ1v) is 11.3. The minimum atomic E-state index is 0.717.